The summed E-state index contributed by atoms with van der Waals surface area (Å²) in [5, 5.41) is 6.24. The van der Waals surface area contributed by atoms with E-state index in [9.17, 15) is 4.79 Å². The fraction of sp³-hybridized carbons (Fsp3) is 0.600. The van der Waals surface area contributed by atoms with Gasteiger partial charge in [0.1, 0.15) is 19.2 Å². The molecule has 1 aliphatic rings. The van der Waals surface area contributed by atoms with E-state index in [1.165, 1.54) is 18.4 Å². The minimum Gasteiger partial charge on any atom is -0.465 e. The molecule has 0 amide bonds. The van der Waals surface area contributed by atoms with Crippen LogP contribution < -0.4 is 0 Å². The van der Waals surface area contributed by atoms with Gasteiger partial charge in [-0.15, -0.1) is 0 Å². The minimum absolute atomic E-state index is 0.226. The van der Waals surface area contributed by atoms with Gasteiger partial charge in [-0.1, -0.05) is 33.0 Å². The van der Waals surface area contributed by atoms with Gasteiger partial charge in [0.05, 0.1) is 30.5 Å². The van der Waals surface area contributed by atoms with E-state index in [0.717, 1.165) is 66.6 Å². The molecular formula is C30H47N3O4SSi. The van der Waals surface area contributed by atoms with Crippen LogP contribution in [0.4, 0.5) is 0 Å². The number of hydrogen-bond acceptors (Lipinski definition) is 5. The topological polar surface area (TPSA) is 67.5 Å². The van der Waals surface area contributed by atoms with Crippen molar-refractivity contribution in [2.45, 2.75) is 65.7 Å². The van der Waals surface area contributed by atoms with Gasteiger partial charge in [0.25, 0.3) is 0 Å². The molecule has 0 aliphatic heterocycles. The molecule has 0 atom stereocenters. The van der Waals surface area contributed by atoms with Gasteiger partial charge < -0.3 is 18.8 Å². The zero-order valence-corrected chi connectivity index (χ0v) is 27.1. The summed E-state index contributed by atoms with van der Waals surface area (Å²) < 4.78 is 21.7. The molecule has 4 rings (SSSR count). The van der Waals surface area contributed by atoms with Crippen LogP contribution in [0.3, 0.4) is 0 Å². The molecule has 0 radical (unpaired) electrons. The quantitative estimate of drug-likeness (QED) is 0.153. The Labute approximate surface area is 237 Å². The van der Waals surface area contributed by atoms with Crippen molar-refractivity contribution in [1.82, 2.24) is 14.3 Å². The van der Waals surface area contributed by atoms with E-state index < -0.39 is 18.8 Å². The minimum atomic E-state index is -0.703. The Bertz CT molecular complexity index is 1310. The summed E-state index contributed by atoms with van der Waals surface area (Å²) in [7, 11) is 0.111. The first kappa shape index (κ1) is 29.9. The van der Waals surface area contributed by atoms with Crippen LogP contribution in [0.1, 0.15) is 41.9 Å². The van der Waals surface area contributed by atoms with Crippen LogP contribution in [0.5, 0.6) is 0 Å². The highest BCUT2D eigenvalue weighted by Gasteiger charge is 2.32. The summed E-state index contributed by atoms with van der Waals surface area (Å²) in [5.74, 6) is 0.748. The van der Waals surface area contributed by atoms with E-state index in [2.05, 4.69) is 61.0 Å². The number of ether oxygens (including phenoxy) is 3. The van der Waals surface area contributed by atoms with Crippen LogP contribution in [0.15, 0.2) is 24.3 Å². The Morgan fingerprint density at radius 2 is 1.85 bits per heavy atom. The molecule has 3 aromatic rings. The van der Waals surface area contributed by atoms with Crippen LogP contribution in [-0.2, 0) is 40.5 Å². The van der Waals surface area contributed by atoms with Gasteiger partial charge >= 0.3 is 5.97 Å². The molecule has 0 N–H and O–H groups in total. The van der Waals surface area contributed by atoms with E-state index in [1.807, 2.05) is 18.2 Å². The number of fused-ring (bicyclic) bond motifs is 2. The SMILES string of the molecule is COC(=O)c1ccc2cc(-c3nn(COCCS(C)(C)C)c4c3CCC(C)(C)C4)n(COCC[SiH](C)C)c2c1. The molecule has 0 saturated carbocycles. The van der Waals surface area contributed by atoms with Crippen molar-refractivity contribution in [1.29, 1.82) is 0 Å². The number of benzene rings is 1. The summed E-state index contributed by atoms with van der Waals surface area (Å²) in [6, 6.07) is 9.06. The zero-order chi connectivity index (χ0) is 28.4. The smallest absolute Gasteiger partial charge is 0.337 e. The lowest BCUT2D eigenvalue weighted by atomic mass is 9.76. The number of methoxy groups -OCH3 is 1. The van der Waals surface area contributed by atoms with Crippen molar-refractivity contribution >= 4 is 35.7 Å². The van der Waals surface area contributed by atoms with E-state index in [0.29, 0.717) is 19.0 Å². The Hall–Kier alpha value is -2.07. The Morgan fingerprint density at radius 1 is 1.10 bits per heavy atom. The lowest BCUT2D eigenvalue weighted by molar-refractivity contribution is 0.0600. The van der Waals surface area contributed by atoms with Crippen molar-refractivity contribution < 1.29 is 19.0 Å². The maximum atomic E-state index is 12.3. The van der Waals surface area contributed by atoms with Gasteiger partial charge in [0.15, 0.2) is 0 Å². The predicted octanol–water partition coefficient (Wildman–Crippen LogP) is 5.94. The molecule has 0 unspecified atom stereocenters. The summed E-state index contributed by atoms with van der Waals surface area (Å²) in [6.07, 6.45) is 10.0. The summed E-state index contributed by atoms with van der Waals surface area (Å²) >= 11 is 0. The molecule has 0 spiro atoms. The van der Waals surface area contributed by atoms with E-state index >= 15 is 0 Å². The number of nitrogens with zero attached hydrogens (tertiary/aromatic N) is 3. The van der Waals surface area contributed by atoms with Gasteiger partial charge in [0.2, 0.25) is 0 Å². The second kappa shape index (κ2) is 12.2. The first-order chi connectivity index (χ1) is 18.4. The van der Waals surface area contributed by atoms with Crippen molar-refractivity contribution in [2.75, 3.05) is 44.8 Å². The highest BCUT2D eigenvalue weighted by Crippen LogP contribution is 2.40. The fourth-order valence-corrected chi connectivity index (χ4v) is 6.34. The number of hydrogen-bond donors (Lipinski definition) is 0. The van der Waals surface area contributed by atoms with Gasteiger partial charge in [-0.25, -0.2) is 19.5 Å². The molecule has 0 saturated heterocycles. The number of aromatic nitrogens is 3. The van der Waals surface area contributed by atoms with Crippen LogP contribution in [0, 0.1) is 5.41 Å². The molecular weight excluding hydrogens is 527 g/mol. The average Bonchev–Trinajstić information content (AvgIpc) is 3.39. The van der Waals surface area contributed by atoms with Gasteiger partial charge in [-0.05, 0) is 67.7 Å². The van der Waals surface area contributed by atoms with Crippen LogP contribution in [-0.4, -0.2) is 74.0 Å². The molecule has 7 nitrogen and oxygen atoms in total. The van der Waals surface area contributed by atoms with E-state index in [1.54, 1.807) is 0 Å². The first-order valence-electron chi connectivity index (χ1n) is 14.0. The maximum Gasteiger partial charge on any atom is 0.337 e. The van der Waals surface area contributed by atoms with Crippen molar-refractivity contribution in [3.05, 3.63) is 41.1 Å². The number of carbonyl (C=O) groups is 1. The van der Waals surface area contributed by atoms with Gasteiger partial charge in [-0.3, -0.25) is 0 Å². The van der Waals surface area contributed by atoms with E-state index in [-0.39, 0.29) is 11.4 Å². The summed E-state index contributed by atoms with van der Waals surface area (Å²) in [5.41, 5.74) is 6.34. The summed E-state index contributed by atoms with van der Waals surface area (Å²) in [6.45, 7) is 11.7. The second-order valence-electron chi connectivity index (χ2n) is 12.9. The highest BCUT2D eigenvalue weighted by atomic mass is 32.3. The third-order valence-electron chi connectivity index (χ3n) is 7.55. The predicted molar refractivity (Wildman–Crippen MR) is 166 cm³/mol. The first-order valence-corrected chi connectivity index (χ1v) is 20.2. The average molecular weight is 574 g/mol. The normalized spacial score (nSPS) is 15.6. The van der Waals surface area contributed by atoms with Gasteiger partial charge in [-0.2, -0.15) is 5.10 Å². The third-order valence-corrected chi connectivity index (χ3v) is 10.3. The van der Waals surface area contributed by atoms with Gasteiger partial charge in [0, 0.05) is 37.8 Å². The molecule has 39 heavy (non-hydrogen) atoms. The van der Waals surface area contributed by atoms with Crippen molar-refractivity contribution in [2.24, 2.45) is 5.41 Å². The molecule has 2 heterocycles. The molecule has 0 bridgehead atoms. The molecule has 0 fully saturated rings. The monoisotopic (exact) mass is 573 g/mol. The second-order valence-corrected chi connectivity index (χ2v) is 20.8. The van der Waals surface area contributed by atoms with Crippen LogP contribution in [0.2, 0.25) is 19.1 Å². The molecule has 216 valence electrons. The largest absolute Gasteiger partial charge is 0.465 e. The Kier molecular flexibility index (Phi) is 9.36. The van der Waals surface area contributed by atoms with Crippen LogP contribution in [0.25, 0.3) is 22.3 Å². The lowest BCUT2D eigenvalue weighted by Crippen LogP contribution is -2.24. The van der Waals surface area contributed by atoms with Crippen molar-refractivity contribution in [3.8, 4) is 11.4 Å². The molecule has 9 heteroatoms. The van der Waals surface area contributed by atoms with E-state index in [4.69, 9.17) is 19.3 Å². The molecule has 2 aromatic heterocycles. The molecule has 1 aliphatic carbocycles. The summed E-state index contributed by atoms with van der Waals surface area (Å²) in [4.78, 5) is 12.3. The molecule has 1 aromatic carbocycles. The highest BCUT2D eigenvalue weighted by molar-refractivity contribution is 8.32. The Balaban J connectivity index is 1.75. The Morgan fingerprint density at radius 3 is 2.54 bits per heavy atom. The number of esters is 1. The third kappa shape index (κ3) is 7.37. The number of carbonyl (C=O) groups excluding carboxylic acids is 1. The number of rotatable bonds is 12. The maximum absolute atomic E-state index is 12.3. The lowest BCUT2D eigenvalue weighted by Gasteiger charge is -2.30. The standard InChI is InChI=1S/C30H47N3O4SSi/c1-30(2)12-11-24-27(19-30)33(21-36-13-15-38(4,5)6)31-28(24)26-17-22-9-10-23(29(34)35-3)18-25(22)32(26)20-37-14-16-39(7)8/h9-10,17-18,39H,11-16,19-21H2,1-8H3. The fourth-order valence-electron chi connectivity index (χ4n) is 5.08. The van der Waals surface area contributed by atoms with Crippen molar-refractivity contribution in [3.63, 3.8) is 0 Å². The van der Waals surface area contributed by atoms with Crippen LogP contribution >= 0.6 is 10.0 Å². The zero-order valence-electron chi connectivity index (χ0n) is 25.1.